The van der Waals surface area contributed by atoms with Crippen molar-refractivity contribution in [3.8, 4) is 0 Å². The number of carbonyl (C=O) groups is 2. The Balaban J connectivity index is 1.89. The zero-order valence-corrected chi connectivity index (χ0v) is 18.8. The van der Waals surface area contributed by atoms with Gasteiger partial charge in [-0.2, -0.15) is 0 Å². The second-order valence-corrected chi connectivity index (χ2v) is 8.13. The average Bonchev–Trinajstić information content (AvgIpc) is 2.80. The lowest BCUT2D eigenvalue weighted by molar-refractivity contribution is -0.385. The number of hydrogen-bond donors (Lipinski definition) is 0. The SMILES string of the molecule is CC(=O)O/N=C(/C(=O)c1ccc(Sc2ccc([N+](=O)[O-])cc2)cc1)c1cc([N+](=O)[O-])ccc1C. The highest BCUT2D eigenvalue weighted by molar-refractivity contribution is 7.99. The molecule has 0 atom stereocenters. The van der Waals surface area contributed by atoms with Crippen LogP contribution in [0.25, 0.3) is 0 Å². The average molecular weight is 479 g/mol. The fourth-order valence-electron chi connectivity index (χ4n) is 2.88. The Labute approximate surface area is 197 Å². The Morgan fingerprint density at radius 2 is 1.38 bits per heavy atom. The molecule has 0 saturated heterocycles. The predicted molar refractivity (Wildman–Crippen MR) is 124 cm³/mol. The highest BCUT2D eigenvalue weighted by Crippen LogP contribution is 2.29. The summed E-state index contributed by atoms with van der Waals surface area (Å²) in [5.74, 6) is -1.33. The molecule has 0 radical (unpaired) electrons. The third-order valence-corrected chi connectivity index (χ3v) is 5.58. The number of oxime groups is 1. The van der Waals surface area contributed by atoms with Gasteiger partial charge in [-0.3, -0.25) is 25.0 Å². The molecule has 0 N–H and O–H groups in total. The van der Waals surface area contributed by atoms with Crippen molar-refractivity contribution in [2.45, 2.75) is 23.6 Å². The minimum absolute atomic E-state index is 0.0127. The maximum atomic E-state index is 13.2. The molecule has 0 saturated carbocycles. The van der Waals surface area contributed by atoms with Crippen LogP contribution in [0.1, 0.15) is 28.4 Å². The van der Waals surface area contributed by atoms with Gasteiger partial charge in [-0.25, -0.2) is 4.79 Å². The van der Waals surface area contributed by atoms with E-state index in [2.05, 4.69) is 5.16 Å². The first-order valence-corrected chi connectivity index (χ1v) is 10.6. The molecule has 3 aromatic rings. The first-order chi connectivity index (χ1) is 16.2. The van der Waals surface area contributed by atoms with E-state index >= 15 is 0 Å². The number of Topliss-reactive ketones (excluding diaryl/α,β-unsaturated/α-hetero) is 1. The number of non-ortho nitro benzene ring substituents is 2. The summed E-state index contributed by atoms with van der Waals surface area (Å²) in [4.78, 5) is 51.6. The summed E-state index contributed by atoms with van der Waals surface area (Å²) in [7, 11) is 0. The second kappa shape index (κ2) is 10.5. The first-order valence-electron chi connectivity index (χ1n) is 9.74. The van der Waals surface area contributed by atoms with Gasteiger partial charge in [0.25, 0.3) is 11.4 Å². The van der Waals surface area contributed by atoms with Gasteiger partial charge >= 0.3 is 5.97 Å². The molecular weight excluding hydrogens is 462 g/mol. The lowest BCUT2D eigenvalue weighted by atomic mass is 9.97. The summed E-state index contributed by atoms with van der Waals surface area (Å²) in [5, 5.41) is 25.7. The van der Waals surface area contributed by atoms with E-state index in [0.717, 1.165) is 16.7 Å². The van der Waals surface area contributed by atoms with Crippen molar-refractivity contribution in [3.05, 3.63) is 104 Å². The maximum Gasteiger partial charge on any atom is 0.332 e. The van der Waals surface area contributed by atoms with Gasteiger partial charge in [0, 0.05) is 52.1 Å². The lowest BCUT2D eigenvalue weighted by Gasteiger charge is -2.09. The topological polar surface area (TPSA) is 142 Å². The number of rotatable bonds is 8. The minimum Gasteiger partial charge on any atom is -0.318 e. The first kappa shape index (κ1) is 24.3. The van der Waals surface area contributed by atoms with E-state index in [1.807, 2.05) is 0 Å². The van der Waals surface area contributed by atoms with E-state index in [4.69, 9.17) is 4.84 Å². The summed E-state index contributed by atoms with van der Waals surface area (Å²) in [5.41, 5.74) is 0.442. The summed E-state index contributed by atoms with van der Waals surface area (Å²) in [6, 6.07) is 16.5. The molecule has 0 aliphatic carbocycles. The highest BCUT2D eigenvalue weighted by Gasteiger charge is 2.22. The van der Waals surface area contributed by atoms with Gasteiger partial charge < -0.3 is 4.84 Å². The predicted octanol–water partition coefficient (Wildman–Crippen LogP) is 5.11. The van der Waals surface area contributed by atoms with Crippen LogP contribution in [0.2, 0.25) is 0 Å². The van der Waals surface area contributed by atoms with Crippen LogP contribution in [0.3, 0.4) is 0 Å². The number of nitro benzene ring substituents is 2. The number of benzene rings is 3. The van der Waals surface area contributed by atoms with Crippen molar-refractivity contribution in [1.29, 1.82) is 0 Å². The molecule has 34 heavy (non-hydrogen) atoms. The van der Waals surface area contributed by atoms with E-state index in [1.54, 1.807) is 43.3 Å². The molecule has 0 aliphatic heterocycles. The van der Waals surface area contributed by atoms with E-state index in [-0.39, 0.29) is 28.2 Å². The maximum absolute atomic E-state index is 13.2. The van der Waals surface area contributed by atoms with E-state index < -0.39 is 21.6 Å². The van der Waals surface area contributed by atoms with Crippen molar-refractivity contribution < 1.29 is 24.3 Å². The molecule has 11 heteroatoms. The van der Waals surface area contributed by atoms with Crippen LogP contribution in [0.5, 0.6) is 0 Å². The van der Waals surface area contributed by atoms with Crippen LogP contribution in [0.4, 0.5) is 11.4 Å². The molecule has 0 amide bonds. The van der Waals surface area contributed by atoms with Crippen LogP contribution >= 0.6 is 11.8 Å². The summed E-state index contributed by atoms with van der Waals surface area (Å²) in [6.45, 7) is 2.77. The Morgan fingerprint density at radius 1 is 0.853 bits per heavy atom. The van der Waals surface area contributed by atoms with Gasteiger partial charge in [-0.15, -0.1) is 0 Å². The smallest absolute Gasteiger partial charge is 0.318 e. The fourth-order valence-corrected chi connectivity index (χ4v) is 3.70. The fraction of sp³-hybridized carbons (Fsp3) is 0.0870. The second-order valence-electron chi connectivity index (χ2n) is 6.99. The van der Waals surface area contributed by atoms with E-state index in [0.29, 0.717) is 5.56 Å². The van der Waals surface area contributed by atoms with Crippen molar-refractivity contribution >= 4 is 40.6 Å². The van der Waals surface area contributed by atoms with Crippen LogP contribution in [-0.2, 0) is 9.63 Å². The molecule has 0 heterocycles. The van der Waals surface area contributed by atoms with E-state index in [1.165, 1.54) is 42.1 Å². The largest absolute Gasteiger partial charge is 0.332 e. The molecule has 10 nitrogen and oxygen atoms in total. The van der Waals surface area contributed by atoms with Crippen molar-refractivity contribution in [2.75, 3.05) is 0 Å². The molecule has 3 rings (SSSR count). The Kier molecular flexibility index (Phi) is 7.49. The standard InChI is InChI=1S/C23H17N3O7S/c1-14-3-6-18(26(31)32)13-21(14)22(24-33-15(2)27)23(28)16-4-9-19(10-5-16)34-20-11-7-17(8-12-20)25(29)30/h3-13H,1-2H3/b24-22+. The number of ketones is 1. The van der Waals surface area contributed by atoms with Gasteiger partial charge in [0.1, 0.15) is 0 Å². The van der Waals surface area contributed by atoms with Gasteiger partial charge in [0.15, 0.2) is 5.71 Å². The normalized spacial score (nSPS) is 11.1. The summed E-state index contributed by atoms with van der Waals surface area (Å²) < 4.78 is 0. The molecule has 3 aromatic carbocycles. The molecule has 172 valence electrons. The third kappa shape index (κ3) is 5.90. The minimum atomic E-state index is -0.747. The molecule has 0 spiro atoms. The van der Waals surface area contributed by atoms with E-state index in [9.17, 15) is 29.8 Å². The van der Waals surface area contributed by atoms with Crippen molar-refractivity contribution in [2.24, 2.45) is 5.16 Å². The van der Waals surface area contributed by atoms with Gasteiger partial charge in [0.05, 0.1) is 9.85 Å². The number of hydrogen-bond acceptors (Lipinski definition) is 9. The zero-order valence-electron chi connectivity index (χ0n) is 18.0. The monoisotopic (exact) mass is 479 g/mol. The molecule has 0 aromatic heterocycles. The van der Waals surface area contributed by atoms with Gasteiger partial charge in [-0.05, 0) is 48.9 Å². The summed E-state index contributed by atoms with van der Waals surface area (Å²) in [6.07, 6.45) is 0. The van der Waals surface area contributed by atoms with Gasteiger partial charge in [-0.1, -0.05) is 23.0 Å². The number of aryl methyl sites for hydroxylation is 1. The lowest BCUT2D eigenvalue weighted by Crippen LogP contribution is -2.18. The Hall–Kier alpha value is -4.38. The number of nitro groups is 2. The molecule has 0 fully saturated rings. The quantitative estimate of drug-likeness (QED) is 0.143. The molecular formula is C23H17N3O7S. The third-order valence-electron chi connectivity index (χ3n) is 4.57. The Bertz CT molecular complexity index is 1300. The van der Waals surface area contributed by atoms with Crippen LogP contribution in [0.15, 0.2) is 81.7 Å². The molecule has 0 bridgehead atoms. The van der Waals surface area contributed by atoms with Crippen molar-refractivity contribution in [1.82, 2.24) is 0 Å². The molecule has 0 aliphatic rings. The zero-order chi connectivity index (χ0) is 24.8. The number of nitrogens with zero attached hydrogens (tertiary/aromatic N) is 3. The van der Waals surface area contributed by atoms with Gasteiger partial charge in [0.2, 0.25) is 5.78 Å². The highest BCUT2D eigenvalue weighted by atomic mass is 32.2. The molecule has 0 unspecified atom stereocenters. The van der Waals surface area contributed by atoms with Crippen LogP contribution in [0, 0.1) is 27.2 Å². The van der Waals surface area contributed by atoms with Crippen molar-refractivity contribution in [3.63, 3.8) is 0 Å². The number of carbonyl (C=O) groups excluding carboxylic acids is 2. The van der Waals surface area contributed by atoms with Crippen LogP contribution < -0.4 is 0 Å². The Morgan fingerprint density at radius 3 is 1.91 bits per heavy atom. The summed E-state index contributed by atoms with van der Waals surface area (Å²) >= 11 is 1.35. The van der Waals surface area contributed by atoms with Crippen LogP contribution in [-0.4, -0.2) is 27.3 Å².